The third-order valence-electron chi connectivity index (χ3n) is 4.09. The Balaban J connectivity index is 2.30. The maximum Gasteiger partial charge on any atom is 0.0854 e. The van der Waals surface area contributed by atoms with Crippen molar-refractivity contribution in [1.82, 2.24) is 4.31 Å². The lowest BCUT2D eigenvalue weighted by atomic mass is 9.94. The number of hydrogen-bond donors (Lipinski definition) is 3. The molecule has 5 N–H and O–H groups in total. The molecule has 0 saturated carbocycles. The van der Waals surface area contributed by atoms with Gasteiger partial charge in [-0.05, 0) is 61.4 Å². The number of nitrogens with one attached hydrogen (secondary N) is 1. The van der Waals surface area contributed by atoms with Crippen molar-refractivity contribution in [3.63, 3.8) is 0 Å². The van der Waals surface area contributed by atoms with Crippen molar-refractivity contribution in [2.75, 3.05) is 18.8 Å². The Hall–Kier alpha value is -1.63. The van der Waals surface area contributed by atoms with Crippen LogP contribution in [0.15, 0.2) is 23.8 Å². The van der Waals surface area contributed by atoms with Crippen molar-refractivity contribution in [2.45, 2.75) is 26.7 Å². The molecular weight excluding hydrogens is 296 g/mol. The van der Waals surface area contributed by atoms with Crippen LogP contribution in [0.1, 0.15) is 29.5 Å². The molecule has 2 rings (SSSR count). The molecule has 120 valence electrons. The van der Waals surface area contributed by atoms with E-state index < -0.39 is 9.89 Å². The van der Waals surface area contributed by atoms with Crippen molar-refractivity contribution >= 4 is 27.2 Å². The number of aryl methyl sites for hydroxylation is 2. The highest BCUT2D eigenvalue weighted by Crippen LogP contribution is 2.24. The summed E-state index contributed by atoms with van der Waals surface area (Å²) in [5, 5.41) is 14.1. The maximum atomic E-state index is 11.9. The van der Waals surface area contributed by atoms with E-state index in [2.05, 4.69) is 5.87 Å². The van der Waals surface area contributed by atoms with Crippen LogP contribution in [0.5, 0.6) is 0 Å². The average molecular weight is 320 g/mol. The Morgan fingerprint density at radius 2 is 2.00 bits per heavy atom. The number of nitrogens with two attached hydrogens (primary N) is 2. The monoisotopic (exact) mass is 320 g/mol. The van der Waals surface area contributed by atoms with E-state index in [1.165, 1.54) is 0 Å². The molecule has 1 aliphatic rings. The van der Waals surface area contributed by atoms with E-state index in [0.717, 1.165) is 35.1 Å². The van der Waals surface area contributed by atoms with Gasteiger partial charge in [-0.2, -0.15) is 0 Å². The van der Waals surface area contributed by atoms with Gasteiger partial charge in [-0.1, -0.05) is 6.08 Å². The second kappa shape index (κ2) is 6.24. The fourth-order valence-corrected chi connectivity index (χ4v) is 3.35. The molecule has 1 unspecified atom stereocenters. The number of allylic oxidation sites excluding steroid dienone is 1. The molecule has 1 heterocycles. The first-order valence-corrected chi connectivity index (χ1v) is 9.00. The van der Waals surface area contributed by atoms with Crippen molar-refractivity contribution < 1.29 is 4.21 Å². The first-order valence-electron chi connectivity index (χ1n) is 7.25. The minimum Gasteiger partial charge on any atom is -0.398 e. The summed E-state index contributed by atoms with van der Waals surface area (Å²) in [6.45, 7) is 5.09. The van der Waals surface area contributed by atoms with Crippen molar-refractivity contribution in [1.29, 1.82) is 5.41 Å². The van der Waals surface area contributed by atoms with Gasteiger partial charge in [0.2, 0.25) is 0 Å². The van der Waals surface area contributed by atoms with Crippen molar-refractivity contribution in [3.8, 4) is 0 Å². The Kier molecular flexibility index (Phi) is 4.75. The summed E-state index contributed by atoms with van der Waals surface area (Å²) in [5.74, 6) is 3.53. The summed E-state index contributed by atoms with van der Waals surface area (Å²) in [5.41, 5.74) is 11.1. The van der Waals surface area contributed by atoms with Crippen molar-refractivity contribution in [2.24, 2.45) is 5.14 Å². The van der Waals surface area contributed by atoms with Crippen LogP contribution < -0.4 is 10.9 Å². The van der Waals surface area contributed by atoms with E-state index >= 15 is 0 Å². The number of anilines is 1. The van der Waals surface area contributed by atoms with Gasteiger partial charge in [0.15, 0.2) is 0 Å². The molecule has 0 amide bonds. The lowest BCUT2D eigenvalue weighted by Gasteiger charge is -2.19. The Morgan fingerprint density at radius 3 is 2.64 bits per heavy atom. The van der Waals surface area contributed by atoms with E-state index in [4.69, 9.17) is 16.3 Å². The molecule has 22 heavy (non-hydrogen) atoms. The highest BCUT2D eigenvalue weighted by atomic mass is 32.2. The summed E-state index contributed by atoms with van der Waals surface area (Å²) >= 11 is 0. The zero-order valence-corrected chi connectivity index (χ0v) is 14.0. The predicted molar refractivity (Wildman–Crippen MR) is 95.5 cm³/mol. The maximum absolute atomic E-state index is 11.9. The molecule has 0 spiro atoms. The molecule has 0 aromatic heterocycles. The van der Waals surface area contributed by atoms with Crippen LogP contribution in [-0.2, 0) is 9.89 Å². The van der Waals surface area contributed by atoms with E-state index in [0.29, 0.717) is 24.5 Å². The molecule has 5 nitrogen and oxygen atoms in total. The quantitative estimate of drug-likeness (QED) is 0.449. The number of benzene rings is 1. The summed E-state index contributed by atoms with van der Waals surface area (Å²) in [4.78, 5) is 0. The van der Waals surface area contributed by atoms with Gasteiger partial charge in [-0.25, -0.2) is 13.7 Å². The van der Waals surface area contributed by atoms with Crippen LogP contribution in [0.4, 0.5) is 5.69 Å². The molecule has 0 fully saturated rings. The Labute approximate surface area is 132 Å². The van der Waals surface area contributed by atoms with Gasteiger partial charge >= 0.3 is 0 Å². The van der Waals surface area contributed by atoms with Crippen molar-refractivity contribution in [3.05, 3.63) is 40.5 Å². The van der Waals surface area contributed by atoms with Crippen LogP contribution in [0.25, 0.3) is 0 Å². The fraction of sp³-hybridized carbons (Fsp3) is 0.375. The van der Waals surface area contributed by atoms with E-state index in [1.54, 1.807) is 4.31 Å². The van der Waals surface area contributed by atoms with Gasteiger partial charge in [0, 0.05) is 24.3 Å². The van der Waals surface area contributed by atoms with Crippen LogP contribution in [0, 0.1) is 19.3 Å². The fourth-order valence-electron chi connectivity index (χ4n) is 2.59. The first-order chi connectivity index (χ1) is 10.2. The van der Waals surface area contributed by atoms with Gasteiger partial charge in [0.05, 0.1) is 15.6 Å². The molecule has 1 aromatic rings. The zero-order chi connectivity index (χ0) is 16.5. The third kappa shape index (κ3) is 3.58. The largest absolute Gasteiger partial charge is 0.398 e. The summed E-state index contributed by atoms with van der Waals surface area (Å²) in [7, 11) is -2.69. The summed E-state index contributed by atoms with van der Waals surface area (Å²) in [6.07, 6.45) is 3.46. The standard InChI is InChI=1S/C16H24N4OS/c1-11-9-14(15(17)10-12(11)2)16(18)13-5-4-7-20(8-6-13)22(3,19)21/h6,9-10,18H,3-5,7-8,17H2,1-2H3,(H2,19,21). The lowest BCUT2D eigenvalue weighted by molar-refractivity contribution is 0.482. The van der Waals surface area contributed by atoms with E-state index in [9.17, 15) is 4.21 Å². The minimum absolute atomic E-state index is 0.440. The van der Waals surface area contributed by atoms with E-state index in [-0.39, 0.29) is 0 Å². The molecule has 6 heteroatoms. The second-order valence-electron chi connectivity index (χ2n) is 5.81. The van der Waals surface area contributed by atoms with Gasteiger partial charge in [-0.3, -0.25) is 5.41 Å². The van der Waals surface area contributed by atoms with Gasteiger partial charge in [0.25, 0.3) is 0 Å². The molecule has 1 atom stereocenters. The smallest absolute Gasteiger partial charge is 0.0854 e. The normalized spacial score (nSPS) is 19.1. The van der Waals surface area contributed by atoms with Crippen LogP contribution >= 0.6 is 0 Å². The number of hydrogen-bond acceptors (Lipinski definition) is 3. The van der Waals surface area contributed by atoms with Crippen LogP contribution in [0.3, 0.4) is 0 Å². The SMILES string of the molecule is C=S(N)(=O)N1CC=C(C(=N)c2cc(C)c(C)cc2N)CCC1. The Bertz CT molecular complexity index is 735. The predicted octanol–water partition coefficient (Wildman–Crippen LogP) is 1.78. The van der Waals surface area contributed by atoms with Crippen LogP contribution in [0.2, 0.25) is 0 Å². The highest BCUT2D eigenvalue weighted by molar-refractivity contribution is 7.96. The minimum atomic E-state index is -2.69. The second-order valence-corrected chi connectivity index (χ2v) is 7.71. The average Bonchev–Trinajstić information content (AvgIpc) is 2.67. The molecule has 1 aliphatic heterocycles. The molecular formula is C16H24N4OS. The molecule has 0 radical (unpaired) electrons. The van der Waals surface area contributed by atoms with E-state index in [1.807, 2.05) is 32.1 Å². The highest BCUT2D eigenvalue weighted by Gasteiger charge is 2.18. The molecule has 1 aromatic carbocycles. The number of nitrogen functional groups attached to an aromatic ring is 1. The van der Waals surface area contributed by atoms with Gasteiger partial charge in [0.1, 0.15) is 0 Å². The Morgan fingerprint density at radius 1 is 1.36 bits per heavy atom. The van der Waals surface area contributed by atoms with Gasteiger partial charge in [-0.15, -0.1) is 0 Å². The van der Waals surface area contributed by atoms with Crippen LogP contribution in [-0.4, -0.2) is 33.2 Å². The molecule has 0 saturated heterocycles. The number of nitrogens with zero attached hydrogens (tertiary/aromatic N) is 1. The first kappa shape index (κ1) is 16.7. The summed E-state index contributed by atoms with van der Waals surface area (Å²) in [6, 6.07) is 3.87. The molecule has 0 bridgehead atoms. The lowest BCUT2D eigenvalue weighted by Crippen LogP contribution is -2.36. The topological polar surface area (TPSA) is 96.2 Å². The summed E-state index contributed by atoms with van der Waals surface area (Å²) < 4.78 is 13.5. The van der Waals surface area contributed by atoms with Gasteiger partial charge < -0.3 is 5.73 Å². The third-order valence-corrected chi connectivity index (χ3v) is 5.29. The number of rotatable bonds is 3. The zero-order valence-electron chi connectivity index (χ0n) is 13.2. The molecule has 0 aliphatic carbocycles.